The number of likely N-dealkylation sites (tertiary alicyclic amines) is 2. The average molecular weight is 1170 g/mol. The number of nitriles is 1. The number of hydrogen-bond acceptors (Lipinski definition) is 16. The molecule has 0 spiro atoms. The number of ether oxygens (including phenoxy) is 2. The molecule has 0 saturated carbocycles. The second kappa shape index (κ2) is 23.9. The fraction of sp³-hybridized carbons (Fsp3) is 0.500. The van der Waals surface area contributed by atoms with Crippen LogP contribution in [0.1, 0.15) is 101 Å². The number of rotatable bonds is 18. The van der Waals surface area contributed by atoms with E-state index in [1.165, 1.54) is 4.90 Å². The normalized spacial score (nSPS) is 21.1. The Labute approximate surface area is 479 Å². The van der Waals surface area contributed by atoms with E-state index in [1.54, 1.807) is 16.8 Å². The predicted octanol–water partition coefficient (Wildman–Crippen LogP) is 8.65. The van der Waals surface area contributed by atoms with Crippen molar-refractivity contribution in [3.8, 4) is 33.6 Å². The first kappa shape index (κ1) is 58.6. The number of carbonyl (C=O) groups is 3. The Bertz CT molecular complexity index is 3410. The zero-order valence-electron chi connectivity index (χ0n) is 46.2. The van der Waals surface area contributed by atoms with Crippen molar-refractivity contribution < 1.29 is 50.9 Å². The van der Waals surface area contributed by atoms with Crippen molar-refractivity contribution in [1.82, 2.24) is 40.7 Å². The fourth-order valence-electron chi connectivity index (χ4n) is 11.9. The number of aryl methyl sites for hydroxylation is 1. The number of thiazole rings is 1. The molecule has 7 heterocycles. The molecule has 24 heteroatoms. The van der Waals surface area contributed by atoms with Crippen LogP contribution in [-0.4, -0.2) is 136 Å². The lowest BCUT2D eigenvalue weighted by atomic mass is 9.85. The maximum absolute atomic E-state index is 17.4. The number of nitrogens with zero attached hydrogens (tertiary/aromatic N) is 7. The van der Waals surface area contributed by atoms with Crippen LogP contribution in [0.2, 0.25) is 0 Å². The molecule has 7 atom stereocenters. The lowest BCUT2D eigenvalue weighted by Gasteiger charge is -2.35. The van der Waals surface area contributed by atoms with E-state index in [1.807, 2.05) is 69.9 Å². The minimum Gasteiger partial charge on any atom is -0.462 e. The van der Waals surface area contributed by atoms with E-state index < -0.39 is 75.8 Å². The van der Waals surface area contributed by atoms with Crippen molar-refractivity contribution in [2.45, 2.75) is 128 Å². The smallest absolute Gasteiger partial charge is 0.417 e. The van der Waals surface area contributed by atoms with Crippen LogP contribution in [0.3, 0.4) is 0 Å². The number of thiophene rings is 1. The zero-order chi connectivity index (χ0) is 58.4. The monoisotopic (exact) mass is 1170 g/mol. The van der Waals surface area contributed by atoms with Gasteiger partial charge in [-0.15, -0.1) is 22.7 Å². The number of fused-ring (bicyclic) bond motifs is 4. The van der Waals surface area contributed by atoms with Gasteiger partial charge in [-0.3, -0.25) is 19.3 Å². The van der Waals surface area contributed by atoms with Gasteiger partial charge in [0.2, 0.25) is 17.7 Å². The molecule has 17 nitrogen and oxygen atoms in total. The topological polar surface area (TPSA) is 224 Å². The first-order valence-corrected chi connectivity index (χ1v) is 29.3. The molecular weight excluding hydrogens is 1110 g/mol. The van der Waals surface area contributed by atoms with E-state index in [2.05, 4.69) is 35.8 Å². The number of nitrogen functional groups attached to an aromatic ring is 1. The highest BCUT2D eigenvalue weighted by Crippen LogP contribution is 2.48. The number of benzene rings is 3. The van der Waals surface area contributed by atoms with Crippen LogP contribution in [0.5, 0.6) is 6.01 Å². The summed E-state index contributed by atoms with van der Waals surface area (Å²) in [6.07, 6.45) is -2.10. The SMILES string of the molecule is Cc1ncsc1-c1ccc([C@H](C)NC(=O)[C@@H]2C[C@@H](O)CN2C(=O)[C@@H](NC(=O)CCOCCCN2CCC[C@H]2COc2nc(N3CC4CCC(C3)N4)c3cc(C(F)(F)F)c(-c4ccc(F)c5sc(N)c(C#N)c45)c(F)c3n2)C(C)(C)C)cc1. The molecule has 2 unspecified atom stereocenters. The Morgan fingerprint density at radius 3 is 2.44 bits per heavy atom. The minimum absolute atomic E-state index is 0.0359. The van der Waals surface area contributed by atoms with E-state index in [-0.39, 0.29) is 100 Å². The van der Waals surface area contributed by atoms with Gasteiger partial charge in [0.25, 0.3) is 0 Å². The number of aromatic nitrogens is 3. The fourth-order valence-corrected chi connectivity index (χ4v) is 13.7. The molecule has 4 aliphatic heterocycles. The van der Waals surface area contributed by atoms with Crippen molar-refractivity contribution in [3.05, 3.63) is 82.0 Å². The van der Waals surface area contributed by atoms with Gasteiger partial charge >= 0.3 is 12.2 Å². The molecule has 436 valence electrons. The molecule has 6 N–H and O–H groups in total. The largest absolute Gasteiger partial charge is 0.462 e. The molecule has 4 fully saturated rings. The molecule has 0 radical (unpaired) electrons. The van der Waals surface area contributed by atoms with Crippen molar-refractivity contribution in [3.63, 3.8) is 0 Å². The second-order valence-electron chi connectivity index (χ2n) is 22.9. The molecule has 4 saturated heterocycles. The van der Waals surface area contributed by atoms with Gasteiger partial charge in [0, 0.05) is 80.1 Å². The summed E-state index contributed by atoms with van der Waals surface area (Å²) in [4.78, 5) is 61.4. The van der Waals surface area contributed by atoms with Gasteiger partial charge in [-0.25, -0.2) is 13.8 Å². The van der Waals surface area contributed by atoms with Gasteiger partial charge in [0.05, 0.1) is 50.7 Å². The van der Waals surface area contributed by atoms with Crippen LogP contribution in [0.4, 0.5) is 32.8 Å². The van der Waals surface area contributed by atoms with Crippen molar-refractivity contribution in [2.24, 2.45) is 5.41 Å². The highest BCUT2D eigenvalue weighted by Gasteiger charge is 2.45. The number of nitrogens with one attached hydrogen (secondary N) is 3. The predicted molar refractivity (Wildman–Crippen MR) is 303 cm³/mol. The maximum Gasteiger partial charge on any atom is 0.417 e. The first-order valence-electron chi connectivity index (χ1n) is 27.6. The minimum atomic E-state index is -5.09. The van der Waals surface area contributed by atoms with Crippen LogP contribution >= 0.6 is 22.7 Å². The molecule has 3 amide bonds. The average Bonchev–Trinajstić information content (AvgIpc) is 4.26. The Morgan fingerprint density at radius 1 is 1.01 bits per heavy atom. The number of aliphatic hydroxyl groups is 1. The molecule has 3 aromatic heterocycles. The number of hydrogen-bond donors (Lipinski definition) is 5. The summed E-state index contributed by atoms with van der Waals surface area (Å²) in [5.74, 6) is -3.34. The summed E-state index contributed by atoms with van der Waals surface area (Å²) in [5, 5.41) is 29.6. The molecule has 82 heavy (non-hydrogen) atoms. The molecule has 0 aliphatic carbocycles. The third kappa shape index (κ3) is 12.2. The molecule has 3 aromatic carbocycles. The third-order valence-corrected chi connectivity index (χ3v) is 18.1. The number of amides is 3. The number of alkyl halides is 3. The molecular formula is C58H66F5N11O6S2. The van der Waals surface area contributed by atoms with Crippen LogP contribution in [0, 0.1) is 35.3 Å². The first-order chi connectivity index (χ1) is 39.1. The molecule has 6 aromatic rings. The number of carbonyl (C=O) groups excluding carboxylic acids is 3. The molecule has 2 bridgehead atoms. The Hall–Kier alpha value is -6.62. The second-order valence-corrected chi connectivity index (χ2v) is 24.8. The van der Waals surface area contributed by atoms with Crippen LogP contribution in [0.25, 0.3) is 42.6 Å². The Morgan fingerprint density at radius 2 is 1.76 bits per heavy atom. The van der Waals surface area contributed by atoms with Gasteiger partial charge in [0.1, 0.15) is 46.9 Å². The van der Waals surface area contributed by atoms with E-state index >= 15 is 22.0 Å². The number of halogens is 5. The number of piperazine rings is 1. The van der Waals surface area contributed by atoms with E-state index in [0.717, 1.165) is 72.1 Å². The quantitative estimate of drug-likeness (QED) is 0.0401. The molecule has 4 aliphatic rings. The Balaban J connectivity index is 0.757. The van der Waals surface area contributed by atoms with Crippen LogP contribution < -0.4 is 31.3 Å². The standard InChI is InChI=1S/C58H66F5N11O6S2/c1-30(32-9-11-33(12-10-32)49-31(2)66-29-81-49)67-54(77)43-22-37(75)27-74(43)55(78)51(57(3,4)5)69-44(76)17-21-79-20-7-19-72-18-6-8-36(72)28-80-56-70-48-39(53(71-56)73-25-34-13-14-35(26-73)68-34)23-41(58(61,62)63)46(47(48)60)38-15-16-42(59)50-45(38)40(24-64)52(65)82-50/h9-12,15-16,23,29-30,34-37,43,51,68,75H,6-8,13-14,17-22,25-28,65H2,1-5H3,(H,67,77)(H,69,76)/t30-,34?,35?,36-,37+,43-,51+/m0/s1. The van der Waals surface area contributed by atoms with E-state index in [4.69, 9.17) is 15.2 Å². The summed E-state index contributed by atoms with van der Waals surface area (Å²) in [6.45, 7) is 11.8. The summed E-state index contributed by atoms with van der Waals surface area (Å²) in [7, 11) is 0. The van der Waals surface area contributed by atoms with E-state index in [9.17, 15) is 24.8 Å². The Kier molecular flexibility index (Phi) is 17.1. The molecule has 10 rings (SSSR count). The van der Waals surface area contributed by atoms with Gasteiger partial charge in [-0.2, -0.15) is 28.4 Å². The van der Waals surface area contributed by atoms with Crippen LogP contribution in [-0.2, 0) is 25.3 Å². The van der Waals surface area contributed by atoms with Crippen molar-refractivity contribution >= 4 is 72.2 Å². The van der Waals surface area contributed by atoms with Gasteiger partial charge in [0.15, 0.2) is 5.82 Å². The maximum atomic E-state index is 17.4. The van der Waals surface area contributed by atoms with E-state index in [0.29, 0.717) is 44.0 Å². The summed E-state index contributed by atoms with van der Waals surface area (Å²) < 4.78 is 90.1. The highest BCUT2D eigenvalue weighted by atomic mass is 32.1. The number of anilines is 2. The number of β-amino-alcohol motifs (C(OH)–C–C–N with tert-alkyl or cyclic N) is 1. The van der Waals surface area contributed by atoms with Gasteiger partial charge in [-0.1, -0.05) is 51.1 Å². The third-order valence-electron chi connectivity index (χ3n) is 16.1. The lowest BCUT2D eigenvalue weighted by molar-refractivity contribution is -0.144. The summed E-state index contributed by atoms with van der Waals surface area (Å²) in [6, 6.07) is 9.91. The highest BCUT2D eigenvalue weighted by molar-refractivity contribution is 7.23. The van der Waals surface area contributed by atoms with Crippen molar-refractivity contribution in [2.75, 3.05) is 63.2 Å². The zero-order valence-corrected chi connectivity index (χ0v) is 47.8. The van der Waals surface area contributed by atoms with Crippen LogP contribution in [0.15, 0.2) is 48.0 Å². The van der Waals surface area contributed by atoms with Gasteiger partial charge < -0.3 is 46.1 Å². The van der Waals surface area contributed by atoms with Gasteiger partial charge in [-0.05, 0) is 86.7 Å². The number of aliphatic hydroxyl groups excluding tert-OH is 1. The lowest BCUT2D eigenvalue weighted by Crippen LogP contribution is -2.58. The summed E-state index contributed by atoms with van der Waals surface area (Å²) in [5.41, 5.74) is 6.66. The number of nitrogens with two attached hydrogens (primary N) is 1. The van der Waals surface area contributed by atoms with Crippen molar-refractivity contribution in [1.29, 1.82) is 5.26 Å². The summed E-state index contributed by atoms with van der Waals surface area (Å²) >= 11 is 2.25.